The highest BCUT2D eigenvalue weighted by Crippen LogP contribution is 2.22. The molecule has 0 atom stereocenters. The summed E-state index contributed by atoms with van der Waals surface area (Å²) in [5, 5.41) is 0.838. The molecule has 8 nitrogen and oxygen atoms in total. The van der Waals surface area contributed by atoms with Crippen LogP contribution in [-0.4, -0.2) is 80.3 Å². The number of amides is 1. The maximum Gasteiger partial charge on any atom is 0.224 e. The summed E-state index contributed by atoms with van der Waals surface area (Å²) < 4.78 is 15.1. The molecule has 0 N–H and O–H groups in total. The summed E-state index contributed by atoms with van der Waals surface area (Å²) in [5.41, 5.74) is 2.34. The van der Waals surface area contributed by atoms with E-state index in [0.717, 1.165) is 48.6 Å². The SMILES string of the molecule is COCCN(CCC(=O)N1CCN(c2ccc(OC)cc2)CC1)c1nc(Cc2ccccc2)ns1. The average molecular weight is 496 g/mol. The van der Waals surface area contributed by atoms with Crippen molar-refractivity contribution >= 4 is 28.3 Å². The number of hydrogen-bond acceptors (Lipinski definition) is 8. The summed E-state index contributed by atoms with van der Waals surface area (Å²) in [7, 11) is 3.36. The van der Waals surface area contributed by atoms with Crippen LogP contribution in [0.15, 0.2) is 54.6 Å². The largest absolute Gasteiger partial charge is 0.497 e. The molecule has 35 heavy (non-hydrogen) atoms. The number of methoxy groups -OCH3 is 2. The summed E-state index contributed by atoms with van der Waals surface area (Å²) in [4.78, 5) is 24.1. The van der Waals surface area contributed by atoms with Crippen molar-refractivity contribution in [1.29, 1.82) is 0 Å². The van der Waals surface area contributed by atoms with Gasteiger partial charge < -0.3 is 24.2 Å². The van der Waals surface area contributed by atoms with Gasteiger partial charge in [-0.3, -0.25) is 4.79 Å². The van der Waals surface area contributed by atoms with Gasteiger partial charge >= 0.3 is 0 Å². The van der Waals surface area contributed by atoms with Gasteiger partial charge in [-0.15, -0.1) is 0 Å². The van der Waals surface area contributed by atoms with Crippen LogP contribution in [0, 0.1) is 0 Å². The highest BCUT2D eigenvalue weighted by molar-refractivity contribution is 7.09. The average Bonchev–Trinajstić information content (AvgIpc) is 3.37. The molecule has 1 aromatic heterocycles. The number of aromatic nitrogens is 2. The molecular weight excluding hydrogens is 462 g/mol. The molecule has 3 aromatic rings. The number of piperazine rings is 1. The number of carbonyl (C=O) groups excluding carboxylic acids is 1. The Kier molecular flexibility index (Phi) is 8.91. The summed E-state index contributed by atoms with van der Waals surface area (Å²) in [6.45, 7) is 4.94. The highest BCUT2D eigenvalue weighted by Gasteiger charge is 2.22. The fourth-order valence-corrected chi connectivity index (χ4v) is 4.86. The second-order valence-corrected chi connectivity index (χ2v) is 9.18. The Balaban J connectivity index is 1.29. The van der Waals surface area contributed by atoms with Crippen LogP contribution in [0.1, 0.15) is 17.8 Å². The van der Waals surface area contributed by atoms with Gasteiger partial charge in [-0.05, 0) is 29.8 Å². The zero-order valence-electron chi connectivity index (χ0n) is 20.4. The number of carbonyl (C=O) groups is 1. The zero-order valence-corrected chi connectivity index (χ0v) is 21.2. The quantitative estimate of drug-likeness (QED) is 0.404. The van der Waals surface area contributed by atoms with E-state index in [0.29, 0.717) is 32.5 Å². The second-order valence-electron chi connectivity index (χ2n) is 8.45. The molecule has 1 saturated heterocycles. The zero-order chi connectivity index (χ0) is 24.5. The molecule has 0 saturated carbocycles. The van der Waals surface area contributed by atoms with Crippen LogP contribution in [0.25, 0.3) is 0 Å². The number of anilines is 2. The van der Waals surface area contributed by atoms with Gasteiger partial charge in [-0.2, -0.15) is 4.37 Å². The lowest BCUT2D eigenvalue weighted by atomic mass is 10.1. The van der Waals surface area contributed by atoms with Crippen molar-refractivity contribution < 1.29 is 14.3 Å². The van der Waals surface area contributed by atoms with Gasteiger partial charge in [0.1, 0.15) is 11.6 Å². The van der Waals surface area contributed by atoms with E-state index >= 15 is 0 Å². The number of benzene rings is 2. The fourth-order valence-electron chi connectivity index (χ4n) is 4.12. The molecule has 9 heteroatoms. The Morgan fingerprint density at radius 3 is 2.43 bits per heavy atom. The Labute approximate surface area is 211 Å². The standard InChI is InChI=1S/C26H33N5O3S/c1-33-19-18-31(26-27-24(28-35-26)20-21-6-4-3-5-7-21)13-12-25(32)30-16-14-29(15-17-30)22-8-10-23(34-2)11-9-22/h3-11H,12-20H2,1-2H3. The van der Waals surface area contributed by atoms with Crippen LogP contribution in [0.3, 0.4) is 0 Å². The Bertz CT molecular complexity index is 1050. The molecule has 0 bridgehead atoms. The third kappa shape index (κ3) is 6.93. The van der Waals surface area contributed by atoms with Crippen molar-refractivity contribution in [2.24, 2.45) is 0 Å². The van der Waals surface area contributed by atoms with Crippen LogP contribution in [0.4, 0.5) is 10.8 Å². The second kappa shape index (κ2) is 12.5. The van der Waals surface area contributed by atoms with Gasteiger partial charge in [-0.25, -0.2) is 4.98 Å². The normalized spacial score (nSPS) is 13.7. The molecule has 0 unspecified atom stereocenters. The molecule has 1 amide bonds. The van der Waals surface area contributed by atoms with Gasteiger partial charge in [0.25, 0.3) is 0 Å². The molecule has 4 rings (SSSR count). The first-order valence-electron chi connectivity index (χ1n) is 11.9. The van der Waals surface area contributed by atoms with E-state index in [1.54, 1.807) is 14.2 Å². The van der Waals surface area contributed by atoms with Crippen molar-refractivity contribution in [3.63, 3.8) is 0 Å². The minimum Gasteiger partial charge on any atom is -0.497 e. The van der Waals surface area contributed by atoms with E-state index in [2.05, 4.69) is 38.4 Å². The van der Waals surface area contributed by atoms with Crippen LogP contribution in [0.5, 0.6) is 5.75 Å². The number of hydrogen-bond donors (Lipinski definition) is 0. The first-order valence-corrected chi connectivity index (χ1v) is 12.7. The van der Waals surface area contributed by atoms with Crippen molar-refractivity contribution in [3.05, 3.63) is 66.0 Å². The van der Waals surface area contributed by atoms with E-state index in [4.69, 9.17) is 14.5 Å². The summed E-state index contributed by atoms with van der Waals surface area (Å²) in [5.74, 6) is 1.83. The third-order valence-electron chi connectivity index (χ3n) is 6.16. The number of ether oxygens (including phenoxy) is 2. The van der Waals surface area contributed by atoms with Gasteiger partial charge in [0.15, 0.2) is 0 Å². The van der Waals surface area contributed by atoms with Crippen LogP contribution < -0.4 is 14.5 Å². The van der Waals surface area contributed by atoms with E-state index < -0.39 is 0 Å². The first kappa shape index (κ1) is 24.9. The maximum atomic E-state index is 13.0. The van der Waals surface area contributed by atoms with Crippen molar-refractivity contribution in [2.75, 3.05) is 69.9 Å². The molecule has 186 valence electrons. The summed E-state index contributed by atoms with van der Waals surface area (Å²) in [6, 6.07) is 18.3. The van der Waals surface area contributed by atoms with Crippen LogP contribution >= 0.6 is 11.5 Å². The van der Waals surface area contributed by atoms with Gasteiger partial charge in [0.2, 0.25) is 11.0 Å². The topological polar surface area (TPSA) is 71.0 Å². The predicted octanol–water partition coefficient (Wildman–Crippen LogP) is 3.33. The van der Waals surface area contributed by atoms with E-state index in [1.165, 1.54) is 17.1 Å². The molecule has 0 radical (unpaired) electrons. The first-order chi connectivity index (χ1) is 17.2. The maximum absolute atomic E-state index is 13.0. The summed E-state index contributed by atoms with van der Waals surface area (Å²) >= 11 is 1.38. The molecule has 1 fully saturated rings. The minimum absolute atomic E-state index is 0.177. The smallest absolute Gasteiger partial charge is 0.224 e. The monoisotopic (exact) mass is 495 g/mol. The van der Waals surface area contributed by atoms with Crippen LogP contribution in [0.2, 0.25) is 0 Å². The van der Waals surface area contributed by atoms with E-state index in [1.807, 2.05) is 35.2 Å². The summed E-state index contributed by atoms with van der Waals surface area (Å²) in [6.07, 6.45) is 1.15. The minimum atomic E-state index is 0.177. The molecule has 2 aromatic carbocycles. The van der Waals surface area contributed by atoms with Crippen molar-refractivity contribution in [1.82, 2.24) is 14.3 Å². The number of nitrogens with zero attached hydrogens (tertiary/aromatic N) is 5. The predicted molar refractivity (Wildman–Crippen MR) is 140 cm³/mol. The number of rotatable bonds is 11. The van der Waals surface area contributed by atoms with Gasteiger partial charge in [-0.1, -0.05) is 30.3 Å². The highest BCUT2D eigenvalue weighted by atomic mass is 32.1. The third-order valence-corrected chi connectivity index (χ3v) is 6.98. The van der Waals surface area contributed by atoms with Crippen molar-refractivity contribution in [3.8, 4) is 5.75 Å². The van der Waals surface area contributed by atoms with Crippen LogP contribution in [-0.2, 0) is 16.0 Å². The van der Waals surface area contributed by atoms with E-state index in [9.17, 15) is 4.79 Å². The molecular formula is C26H33N5O3S. The lowest BCUT2D eigenvalue weighted by molar-refractivity contribution is -0.131. The molecule has 0 aliphatic carbocycles. The Hall–Kier alpha value is -3.17. The molecule has 1 aliphatic rings. The molecule has 1 aliphatic heterocycles. The van der Waals surface area contributed by atoms with Gasteiger partial charge in [0, 0.05) is 76.4 Å². The molecule has 0 spiro atoms. The Morgan fingerprint density at radius 2 is 1.74 bits per heavy atom. The Morgan fingerprint density at radius 1 is 1.00 bits per heavy atom. The van der Waals surface area contributed by atoms with Gasteiger partial charge in [0.05, 0.1) is 13.7 Å². The van der Waals surface area contributed by atoms with Crippen molar-refractivity contribution in [2.45, 2.75) is 12.8 Å². The lowest BCUT2D eigenvalue weighted by Gasteiger charge is -2.36. The fraction of sp³-hybridized carbons (Fsp3) is 0.423. The lowest BCUT2D eigenvalue weighted by Crippen LogP contribution is -2.49. The molecule has 2 heterocycles. The van der Waals surface area contributed by atoms with E-state index in [-0.39, 0.29) is 5.91 Å².